The van der Waals surface area contributed by atoms with Crippen molar-refractivity contribution in [3.05, 3.63) is 23.8 Å². The van der Waals surface area contributed by atoms with E-state index >= 15 is 0 Å². The highest BCUT2D eigenvalue weighted by atomic mass is 16.5. The van der Waals surface area contributed by atoms with E-state index in [4.69, 9.17) is 9.47 Å². The summed E-state index contributed by atoms with van der Waals surface area (Å²) in [5, 5.41) is 12.5. The van der Waals surface area contributed by atoms with E-state index in [9.17, 15) is 5.26 Å². The van der Waals surface area contributed by atoms with E-state index in [2.05, 4.69) is 11.4 Å². The van der Waals surface area contributed by atoms with E-state index in [-0.39, 0.29) is 12.0 Å². The second kappa shape index (κ2) is 6.44. The molecule has 2 unspecified atom stereocenters. The summed E-state index contributed by atoms with van der Waals surface area (Å²) in [4.78, 5) is 0. The van der Waals surface area contributed by atoms with Crippen LogP contribution in [0.2, 0.25) is 0 Å². The quantitative estimate of drug-likeness (QED) is 0.904. The molecule has 4 nitrogen and oxygen atoms in total. The number of nitriles is 1. The summed E-state index contributed by atoms with van der Waals surface area (Å²) >= 11 is 0. The van der Waals surface area contributed by atoms with Gasteiger partial charge >= 0.3 is 0 Å². The number of nitrogens with one attached hydrogen (secondary N) is 1. The van der Waals surface area contributed by atoms with Gasteiger partial charge in [0, 0.05) is 12.5 Å². The summed E-state index contributed by atoms with van der Waals surface area (Å²) in [5.41, 5.74) is 1.07. The molecule has 1 aromatic rings. The third-order valence-corrected chi connectivity index (χ3v) is 3.45. The molecule has 19 heavy (non-hydrogen) atoms. The van der Waals surface area contributed by atoms with Gasteiger partial charge in [-0.05, 0) is 31.2 Å². The Balaban J connectivity index is 2.29. The zero-order valence-corrected chi connectivity index (χ0v) is 11.5. The molecule has 0 aliphatic carbocycles. The predicted molar refractivity (Wildman–Crippen MR) is 73.2 cm³/mol. The third kappa shape index (κ3) is 2.99. The largest absolute Gasteiger partial charge is 0.490 e. The Bertz CT molecular complexity index is 468. The molecular formula is C15H20N2O2. The summed E-state index contributed by atoms with van der Waals surface area (Å²) in [6, 6.07) is 8.31. The van der Waals surface area contributed by atoms with Crippen LogP contribution in [0.15, 0.2) is 18.2 Å². The maximum Gasteiger partial charge on any atom is 0.161 e. The van der Waals surface area contributed by atoms with Crippen LogP contribution in [0.25, 0.3) is 0 Å². The maximum absolute atomic E-state index is 9.23. The average molecular weight is 260 g/mol. The molecule has 0 saturated carbocycles. The van der Waals surface area contributed by atoms with E-state index < -0.39 is 0 Å². The van der Waals surface area contributed by atoms with Gasteiger partial charge in [0.05, 0.1) is 25.2 Å². The number of nitrogens with zero attached hydrogens (tertiary/aromatic N) is 1. The standard InChI is InChI=1S/C15H20N2O2/c1-3-11(10-16)15(17-2)12-5-6-13-14(9-12)19-8-4-7-18-13/h5-6,9,11,15,17H,3-4,7-8H2,1-2H3. The number of ether oxygens (including phenoxy) is 2. The molecule has 1 aliphatic rings. The minimum atomic E-state index is -0.0465. The molecule has 102 valence electrons. The first-order valence-electron chi connectivity index (χ1n) is 6.76. The molecule has 0 spiro atoms. The Morgan fingerprint density at radius 1 is 1.32 bits per heavy atom. The van der Waals surface area contributed by atoms with Crippen molar-refractivity contribution in [2.45, 2.75) is 25.8 Å². The lowest BCUT2D eigenvalue weighted by Crippen LogP contribution is -2.24. The number of fused-ring (bicyclic) bond motifs is 1. The van der Waals surface area contributed by atoms with Crippen molar-refractivity contribution in [1.29, 1.82) is 5.26 Å². The fourth-order valence-corrected chi connectivity index (χ4v) is 2.38. The van der Waals surface area contributed by atoms with E-state index in [1.807, 2.05) is 32.2 Å². The Labute approximate surface area is 114 Å². The zero-order valence-electron chi connectivity index (χ0n) is 11.5. The van der Waals surface area contributed by atoms with Gasteiger partial charge in [0.15, 0.2) is 11.5 Å². The van der Waals surface area contributed by atoms with E-state index in [0.717, 1.165) is 29.9 Å². The number of hydrogen-bond acceptors (Lipinski definition) is 4. The summed E-state index contributed by atoms with van der Waals surface area (Å²) in [7, 11) is 1.88. The third-order valence-electron chi connectivity index (χ3n) is 3.45. The first-order chi connectivity index (χ1) is 9.30. The summed E-state index contributed by atoms with van der Waals surface area (Å²) in [5.74, 6) is 1.53. The van der Waals surface area contributed by atoms with Crippen LogP contribution in [0.4, 0.5) is 0 Å². The maximum atomic E-state index is 9.23. The molecule has 0 radical (unpaired) electrons. The SMILES string of the molecule is CCC(C#N)C(NC)c1ccc2c(c1)OCCCO2. The molecule has 1 aromatic carbocycles. The molecule has 0 aromatic heterocycles. The fraction of sp³-hybridized carbons (Fsp3) is 0.533. The molecule has 4 heteroatoms. The van der Waals surface area contributed by atoms with E-state index in [1.54, 1.807) is 0 Å². The normalized spacial score (nSPS) is 17.1. The average Bonchev–Trinajstić information content (AvgIpc) is 2.69. The lowest BCUT2D eigenvalue weighted by atomic mass is 9.92. The summed E-state index contributed by atoms with van der Waals surface area (Å²) in [6.45, 7) is 3.40. The van der Waals surface area contributed by atoms with Crippen molar-refractivity contribution in [1.82, 2.24) is 5.32 Å². The van der Waals surface area contributed by atoms with Crippen molar-refractivity contribution in [3.8, 4) is 17.6 Å². The summed E-state index contributed by atoms with van der Waals surface area (Å²) in [6.07, 6.45) is 1.71. The number of benzene rings is 1. The second-order valence-corrected chi connectivity index (χ2v) is 4.67. The Morgan fingerprint density at radius 2 is 2.05 bits per heavy atom. The van der Waals surface area contributed by atoms with Crippen LogP contribution < -0.4 is 14.8 Å². The number of rotatable bonds is 4. The molecule has 0 bridgehead atoms. The lowest BCUT2D eigenvalue weighted by molar-refractivity contribution is 0.297. The van der Waals surface area contributed by atoms with Crippen LogP contribution in [0.3, 0.4) is 0 Å². The predicted octanol–water partition coefficient (Wildman–Crippen LogP) is 2.66. The van der Waals surface area contributed by atoms with Gasteiger partial charge in [-0.2, -0.15) is 5.26 Å². The van der Waals surface area contributed by atoms with Gasteiger partial charge < -0.3 is 14.8 Å². The first kappa shape index (κ1) is 13.7. The van der Waals surface area contributed by atoms with Crippen molar-refractivity contribution >= 4 is 0 Å². The highest BCUT2D eigenvalue weighted by Gasteiger charge is 2.22. The zero-order chi connectivity index (χ0) is 13.7. The van der Waals surface area contributed by atoms with Gasteiger partial charge in [-0.25, -0.2) is 0 Å². The van der Waals surface area contributed by atoms with Crippen LogP contribution in [0.1, 0.15) is 31.4 Å². The Hall–Kier alpha value is -1.73. The monoisotopic (exact) mass is 260 g/mol. The van der Waals surface area contributed by atoms with Gasteiger partial charge in [0.1, 0.15) is 0 Å². The van der Waals surface area contributed by atoms with Crippen molar-refractivity contribution in [2.75, 3.05) is 20.3 Å². The van der Waals surface area contributed by atoms with Gasteiger partial charge in [-0.1, -0.05) is 13.0 Å². The lowest BCUT2D eigenvalue weighted by Gasteiger charge is -2.21. The number of hydrogen-bond donors (Lipinski definition) is 1. The van der Waals surface area contributed by atoms with Crippen molar-refractivity contribution in [3.63, 3.8) is 0 Å². The fourth-order valence-electron chi connectivity index (χ4n) is 2.38. The van der Waals surface area contributed by atoms with Crippen LogP contribution in [0.5, 0.6) is 11.5 Å². The van der Waals surface area contributed by atoms with Crippen molar-refractivity contribution < 1.29 is 9.47 Å². The first-order valence-corrected chi connectivity index (χ1v) is 6.76. The molecule has 0 fully saturated rings. The molecule has 0 amide bonds. The second-order valence-electron chi connectivity index (χ2n) is 4.67. The molecule has 2 rings (SSSR count). The van der Waals surface area contributed by atoms with E-state index in [0.29, 0.717) is 13.2 Å². The van der Waals surface area contributed by atoms with Gasteiger partial charge in [-0.3, -0.25) is 0 Å². The molecule has 0 saturated heterocycles. The molecule has 1 N–H and O–H groups in total. The van der Waals surface area contributed by atoms with Crippen molar-refractivity contribution in [2.24, 2.45) is 5.92 Å². The molecule has 1 heterocycles. The van der Waals surface area contributed by atoms with Gasteiger partial charge in [-0.15, -0.1) is 0 Å². The minimum absolute atomic E-state index is 0.0205. The topological polar surface area (TPSA) is 54.3 Å². The van der Waals surface area contributed by atoms with E-state index in [1.165, 1.54) is 0 Å². The van der Waals surface area contributed by atoms with Crippen LogP contribution in [-0.4, -0.2) is 20.3 Å². The minimum Gasteiger partial charge on any atom is -0.490 e. The smallest absolute Gasteiger partial charge is 0.161 e. The molecular weight excluding hydrogens is 240 g/mol. The van der Waals surface area contributed by atoms with Crippen LogP contribution >= 0.6 is 0 Å². The highest BCUT2D eigenvalue weighted by molar-refractivity contribution is 5.44. The molecule has 2 atom stereocenters. The summed E-state index contributed by atoms with van der Waals surface area (Å²) < 4.78 is 11.3. The highest BCUT2D eigenvalue weighted by Crippen LogP contribution is 2.34. The van der Waals surface area contributed by atoms with Gasteiger partial charge in [0.25, 0.3) is 0 Å². The van der Waals surface area contributed by atoms with Crippen LogP contribution in [-0.2, 0) is 0 Å². The Kier molecular flexibility index (Phi) is 4.64. The molecule has 1 aliphatic heterocycles. The van der Waals surface area contributed by atoms with Crippen LogP contribution in [0, 0.1) is 17.2 Å². The van der Waals surface area contributed by atoms with Gasteiger partial charge in [0.2, 0.25) is 0 Å². The Morgan fingerprint density at radius 3 is 2.68 bits per heavy atom.